The molecule has 0 aliphatic carbocycles. The van der Waals surface area contributed by atoms with Gasteiger partial charge in [-0.25, -0.2) is 0 Å². The Kier molecular flexibility index (Phi) is 3.77. The van der Waals surface area contributed by atoms with Gasteiger partial charge in [0.15, 0.2) is 5.75 Å². The zero-order valence-corrected chi connectivity index (χ0v) is 12.6. The minimum atomic E-state index is -0.0487. The van der Waals surface area contributed by atoms with Crippen molar-refractivity contribution >= 4 is 28.9 Å². The normalized spacial score (nSPS) is 20.8. The molecule has 0 saturated carbocycles. The van der Waals surface area contributed by atoms with Crippen LogP contribution in [-0.2, 0) is 0 Å². The number of benzene rings is 2. The number of fused-ring (bicyclic) bond motifs is 1. The summed E-state index contributed by atoms with van der Waals surface area (Å²) in [5.74, 6) is 0.676. The van der Waals surface area contributed by atoms with E-state index in [1.807, 2.05) is 24.3 Å². The van der Waals surface area contributed by atoms with E-state index in [1.54, 1.807) is 6.07 Å². The molecule has 1 N–H and O–H groups in total. The van der Waals surface area contributed by atoms with Crippen LogP contribution in [-0.4, -0.2) is 6.04 Å². The number of anilines is 1. The average molecular weight is 308 g/mol. The largest absolute Gasteiger partial charge is 0.480 e. The zero-order chi connectivity index (χ0) is 14.1. The summed E-state index contributed by atoms with van der Waals surface area (Å²) in [7, 11) is 0. The van der Waals surface area contributed by atoms with Crippen molar-refractivity contribution in [2.75, 3.05) is 5.32 Å². The third-order valence-corrected chi connectivity index (χ3v) is 4.03. The van der Waals surface area contributed by atoms with Crippen LogP contribution < -0.4 is 10.1 Å². The zero-order valence-electron chi connectivity index (χ0n) is 11.1. The summed E-state index contributed by atoms with van der Waals surface area (Å²) in [6, 6.07) is 13.9. The van der Waals surface area contributed by atoms with E-state index in [4.69, 9.17) is 27.9 Å². The molecule has 4 heteroatoms. The summed E-state index contributed by atoms with van der Waals surface area (Å²) in [6.07, 6.45) is 0.899. The second-order valence-corrected chi connectivity index (χ2v) is 5.72. The molecule has 1 heterocycles. The molecule has 3 rings (SSSR count). The van der Waals surface area contributed by atoms with Crippen LogP contribution in [0.1, 0.15) is 25.0 Å². The molecule has 0 fully saturated rings. The van der Waals surface area contributed by atoms with Gasteiger partial charge in [0.2, 0.25) is 0 Å². The highest BCUT2D eigenvalue weighted by molar-refractivity contribution is 6.36. The van der Waals surface area contributed by atoms with E-state index in [1.165, 1.54) is 0 Å². The number of nitrogens with one attached hydrogen (secondary N) is 1. The molecule has 0 saturated heterocycles. The van der Waals surface area contributed by atoms with Crippen LogP contribution >= 0.6 is 23.2 Å². The van der Waals surface area contributed by atoms with Crippen LogP contribution in [0, 0.1) is 0 Å². The van der Waals surface area contributed by atoms with Crippen molar-refractivity contribution in [2.45, 2.75) is 25.5 Å². The van der Waals surface area contributed by atoms with Crippen molar-refractivity contribution in [2.24, 2.45) is 0 Å². The molecule has 0 bridgehead atoms. The minimum Gasteiger partial charge on any atom is -0.480 e. The van der Waals surface area contributed by atoms with Gasteiger partial charge in [-0.15, -0.1) is 0 Å². The Balaban J connectivity index is 2.02. The van der Waals surface area contributed by atoms with Crippen LogP contribution in [0.5, 0.6) is 5.75 Å². The molecule has 2 atom stereocenters. The second-order valence-electron chi connectivity index (χ2n) is 4.87. The third-order valence-electron chi connectivity index (χ3n) is 3.53. The third kappa shape index (κ3) is 2.46. The Morgan fingerprint density at radius 1 is 1.15 bits per heavy atom. The fourth-order valence-electron chi connectivity index (χ4n) is 2.53. The van der Waals surface area contributed by atoms with Crippen molar-refractivity contribution in [3.8, 4) is 5.75 Å². The van der Waals surface area contributed by atoms with Gasteiger partial charge in [0, 0.05) is 5.02 Å². The fraction of sp³-hybridized carbons (Fsp3) is 0.250. The minimum absolute atomic E-state index is 0.0487. The highest BCUT2D eigenvalue weighted by Gasteiger charge is 2.31. The predicted octanol–water partition coefficient (Wildman–Crippen LogP) is 5.32. The van der Waals surface area contributed by atoms with Crippen LogP contribution in [0.2, 0.25) is 10.0 Å². The van der Waals surface area contributed by atoms with E-state index in [2.05, 4.69) is 24.4 Å². The van der Waals surface area contributed by atoms with E-state index >= 15 is 0 Å². The van der Waals surface area contributed by atoms with Gasteiger partial charge in [-0.1, -0.05) is 60.5 Å². The topological polar surface area (TPSA) is 21.3 Å². The van der Waals surface area contributed by atoms with E-state index in [0.29, 0.717) is 15.8 Å². The first kappa shape index (κ1) is 13.6. The molecule has 104 valence electrons. The van der Waals surface area contributed by atoms with E-state index in [-0.39, 0.29) is 12.1 Å². The Morgan fingerprint density at radius 3 is 2.60 bits per heavy atom. The maximum absolute atomic E-state index is 6.24. The van der Waals surface area contributed by atoms with Gasteiger partial charge in [0.05, 0.1) is 16.8 Å². The lowest BCUT2D eigenvalue weighted by atomic mass is 9.98. The molecule has 0 aromatic heterocycles. The highest BCUT2D eigenvalue weighted by atomic mass is 35.5. The molecule has 0 amide bonds. The Bertz CT molecular complexity index is 615. The van der Waals surface area contributed by atoms with E-state index < -0.39 is 0 Å². The predicted molar refractivity (Wildman–Crippen MR) is 84.0 cm³/mol. The first-order chi connectivity index (χ1) is 9.69. The van der Waals surface area contributed by atoms with Crippen LogP contribution in [0.25, 0.3) is 0 Å². The SMILES string of the molecule is CCC1Nc2cc(Cl)cc(Cl)c2OC1c1ccccc1. The Labute approximate surface area is 128 Å². The summed E-state index contributed by atoms with van der Waals surface area (Å²) in [5.41, 5.74) is 2.00. The van der Waals surface area contributed by atoms with Crippen molar-refractivity contribution in [3.63, 3.8) is 0 Å². The van der Waals surface area contributed by atoms with Crippen molar-refractivity contribution in [1.29, 1.82) is 0 Å². The average Bonchev–Trinajstić information content (AvgIpc) is 2.46. The quantitative estimate of drug-likeness (QED) is 0.811. The molecule has 2 aromatic rings. The summed E-state index contributed by atoms with van der Waals surface area (Å²) < 4.78 is 6.15. The molecule has 1 aliphatic heterocycles. The number of ether oxygens (including phenoxy) is 1. The molecule has 0 spiro atoms. The lowest BCUT2D eigenvalue weighted by molar-refractivity contribution is 0.169. The van der Waals surface area contributed by atoms with E-state index in [0.717, 1.165) is 17.7 Å². The van der Waals surface area contributed by atoms with Gasteiger partial charge < -0.3 is 10.1 Å². The van der Waals surface area contributed by atoms with Crippen molar-refractivity contribution in [3.05, 3.63) is 58.1 Å². The van der Waals surface area contributed by atoms with E-state index in [9.17, 15) is 0 Å². The summed E-state index contributed by atoms with van der Waals surface area (Å²) in [6.45, 7) is 2.13. The second kappa shape index (κ2) is 5.55. The molecule has 2 nitrogen and oxygen atoms in total. The fourth-order valence-corrected chi connectivity index (χ4v) is 3.07. The Morgan fingerprint density at radius 2 is 1.90 bits per heavy atom. The summed E-state index contributed by atoms with van der Waals surface area (Å²) >= 11 is 12.3. The highest BCUT2D eigenvalue weighted by Crippen LogP contribution is 2.44. The van der Waals surface area contributed by atoms with Gasteiger partial charge >= 0.3 is 0 Å². The lowest BCUT2D eigenvalue weighted by Gasteiger charge is -2.35. The lowest BCUT2D eigenvalue weighted by Crippen LogP contribution is -2.34. The number of hydrogen-bond acceptors (Lipinski definition) is 2. The smallest absolute Gasteiger partial charge is 0.162 e. The van der Waals surface area contributed by atoms with Gasteiger partial charge in [-0.3, -0.25) is 0 Å². The first-order valence-electron chi connectivity index (χ1n) is 6.66. The van der Waals surface area contributed by atoms with Crippen LogP contribution in [0.15, 0.2) is 42.5 Å². The number of halogens is 2. The first-order valence-corrected chi connectivity index (χ1v) is 7.42. The molecule has 20 heavy (non-hydrogen) atoms. The van der Waals surface area contributed by atoms with Gasteiger partial charge in [0.25, 0.3) is 0 Å². The summed E-state index contributed by atoms with van der Waals surface area (Å²) in [5, 5.41) is 4.63. The number of rotatable bonds is 2. The molecular weight excluding hydrogens is 293 g/mol. The Hall–Kier alpha value is -1.38. The molecular formula is C16H15Cl2NO. The molecule has 0 radical (unpaired) electrons. The number of hydrogen-bond donors (Lipinski definition) is 1. The van der Waals surface area contributed by atoms with Gasteiger partial charge in [0.1, 0.15) is 6.10 Å². The maximum Gasteiger partial charge on any atom is 0.162 e. The van der Waals surface area contributed by atoms with Gasteiger partial charge in [-0.2, -0.15) is 0 Å². The standard InChI is InChI=1S/C16H15Cl2NO/c1-2-13-15(10-6-4-3-5-7-10)20-16-12(18)8-11(17)9-14(16)19-13/h3-9,13,15,19H,2H2,1H3. The summed E-state index contributed by atoms with van der Waals surface area (Å²) in [4.78, 5) is 0. The van der Waals surface area contributed by atoms with Crippen LogP contribution in [0.3, 0.4) is 0 Å². The van der Waals surface area contributed by atoms with Crippen LogP contribution in [0.4, 0.5) is 5.69 Å². The maximum atomic E-state index is 6.24. The molecule has 1 aliphatic rings. The van der Waals surface area contributed by atoms with Crippen molar-refractivity contribution in [1.82, 2.24) is 0 Å². The molecule has 2 aromatic carbocycles. The van der Waals surface area contributed by atoms with Crippen molar-refractivity contribution < 1.29 is 4.74 Å². The van der Waals surface area contributed by atoms with Gasteiger partial charge in [-0.05, 0) is 24.1 Å². The molecule has 2 unspecified atom stereocenters. The monoisotopic (exact) mass is 307 g/mol.